The van der Waals surface area contributed by atoms with E-state index in [0.717, 1.165) is 30.9 Å². The summed E-state index contributed by atoms with van der Waals surface area (Å²) in [5.74, 6) is 0. The number of alkyl halides is 3. The van der Waals surface area contributed by atoms with Gasteiger partial charge in [-0.15, -0.1) is 0 Å². The molecule has 108 valence electrons. The van der Waals surface area contributed by atoms with Crippen LogP contribution in [0.3, 0.4) is 0 Å². The molecular weight excluding hydrogens is 269 g/mol. The van der Waals surface area contributed by atoms with E-state index in [4.69, 9.17) is 0 Å². The molecule has 4 nitrogen and oxygen atoms in total. The maximum absolute atomic E-state index is 12.6. The first-order valence-electron chi connectivity index (χ1n) is 6.28. The molecule has 2 heterocycles. The van der Waals surface area contributed by atoms with E-state index >= 15 is 0 Å². The summed E-state index contributed by atoms with van der Waals surface area (Å²) in [7, 11) is 0. The van der Waals surface area contributed by atoms with Crippen LogP contribution in [0.15, 0.2) is 30.9 Å². The van der Waals surface area contributed by atoms with Crippen molar-refractivity contribution in [2.75, 3.05) is 6.54 Å². The predicted octanol–water partition coefficient (Wildman–Crippen LogP) is 2.79. The summed E-state index contributed by atoms with van der Waals surface area (Å²) in [6.07, 6.45) is 1.57. The summed E-state index contributed by atoms with van der Waals surface area (Å²) in [6.45, 7) is 3.42. The molecule has 0 spiro atoms. The monoisotopic (exact) mass is 284 g/mol. The third kappa shape index (κ3) is 3.36. The highest BCUT2D eigenvalue weighted by Gasteiger charge is 2.32. The van der Waals surface area contributed by atoms with Crippen molar-refractivity contribution in [3.8, 4) is 5.69 Å². The van der Waals surface area contributed by atoms with E-state index in [1.165, 1.54) is 10.9 Å². The second-order valence-electron chi connectivity index (χ2n) is 4.35. The van der Waals surface area contributed by atoms with Crippen molar-refractivity contribution < 1.29 is 13.2 Å². The lowest BCUT2D eigenvalue weighted by Crippen LogP contribution is -2.16. The third-order valence-electron chi connectivity index (χ3n) is 2.78. The van der Waals surface area contributed by atoms with Crippen molar-refractivity contribution in [1.29, 1.82) is 0 Å². The number of hydrogen-bond donors (Lipinski definition) is 1. The molecule has 0 aliphatic heterocycles. The predicted molar refractivity (Wildman–Crippen MR) is 68.4 cm³/mol. The van der Waals surface area contributed by atoms with Gasteiger partial charge in [-0.3, -0.25) is 4.98 Å². The molecule has 0 amide bonds. The molecule has 2 aromatic rings. The Labute approximate surface area is 114 Å². The maximum Gasteiger partial charge on any atom is 0.419 e. The molecule has 2 aromatic heterocycles. The van der Waals surface area contributed by atoms with Gasteiger partial charge in [0.25, 0.3) is 0 Å². The Balaban J connectivity index is 2.26. The summed E-state index contributed by atoms with van der Waals surface area (Å²) in [4.78, 5) is 4.00. The molecule has 7 heteroatoms. The molecule has 0 radical (unpaired) electrons. The van der Waals surface area contributed by atoms with Crippen molar-refractivity contribution in [2.24, 2.45) is 0 Å². The Bertz CT molecular complexity index is 563. The van der Waals surface area contributed by atoms with Gasteiger partial charge in [0.2, 0.25) is 0 Å². The highest BCUT2D eigenvalue weighted by atomic mass is 19.4. The van der Waals surface area contributed by atoms with Crippen molar-refractivity contribution >= 4 is 0 Å². The third-order valence-corrected chi connectivity index (χ3v) is 2.78. The minimum atomic E-state index is -4.38. The minimum Gasteiger partial charge on any atom is -0.313 e. The summed E-state index contributed by atoms with van der Waals surface area (Å²) in [5.41, 5.74) is 0.638. The fourth-order valence-electron chi connectivity index (χ4n) is 1.78. The highest BCUT2D eigenvalue weighted by molar-refractivity contribution is 5.38. The molecular formula is C13H15F3N4. The van der Waals surface area contributed by atoms with Gasteiger partial charge in [-0.25, -0.2) is 4.68 Å². The first kappa shape index (κ1) is 14.5. The number of halogens is 3. The van der Waals surface area contributed by atoms with Crippen molar-refractivity contribution in [3.05, 3.63) is 42.0 Å². The summed E-state index contributed by atoms with van der Waals surface area (Å²) in [5, 5.41) is 6.98. The molecule has 0 saturated carbocycles. The molecule has 0 fully saturated rings. The Morgan fingerprint density at radius 1 is 1.30 bits per heavy atom. The molecule has 0 unspecified atom stereocenters. The number of hydrogen-bond acceptors (Lipinski definition) is 3. The molecule has 0 bridgehead atoms. The fourth-order valence-corrected chi connectivity index (χ4v) is 1.78. The zero-order chi connectivity index (χ0) is 14.6. The van der Waals surface area contributed by atoms with Gasteiger partial charge < -0.3 is 5.32 Å². The van der Waals surface area contributed by atoms with E-state index in [0.29, 0.717) is 12.2 Å². The molecule has 0 aliphatic rings. The van der Waals surface area contributed by atoms with Crippen molar-refractivity contribution in [1.82, 2.24) is 20.1 Å². The van der Waals surface area contributed by atoms with E-state index in [1.54, 1.807) is 12.3 Å². The van der Waals surface area contributed by atoms with Crippen LogP contribution in [-0.4, -0.2) is 21.3 Å². The maximum atomic E-state index is 12.6. The smallest absolute Gasteiger partial charge is 0.313 e. The summed E-state index contributed by atoms with van der Waals surface area (Å²) >= 11 is 0. The van der Waals surface area contributed by atoms with E-state index in [1.807, 2.05) is 6.92 Å². The van der Waals surface area contributed by atoms with Crippen LogP contribution in [0.1, 0.15) is 24.5 Å². The summed E-state index contributed by atoms with van der Waals surface area (Å²) in [6, 6.07) is 1.65. The lowest BCUT2D eigenvalue weighted by atomic mass is 10.2. The van der Waals surface area contributed by atoms with Gasteiger partial charge in [-0.2, -0.15) is 18.3 Å². The standard InChI is InChI=1S/C13H15F3N4/c1-2-4-17-6-10-7-18-5-3-12(10)20-9-11(8-19-20)13(14,15)16/h3,5,7-9,17H,2,4,6H2,1H3. The Hall–Kier alpha value is -1.89. The van der Waals surface area contributed by atoms with Gasteiger partial charge in [0.1, 0.15) is 0 Å². The number of nitrogens with one attached hydrogen (secondary N) is 1. The van der Waals surface area contributed by atoms with Crippen LogP contribution in [0.4, 0.5) is 13.2 Å². The van der Waals surface area contributed by atoms with Crippen LogP contribution in [0.2, 0.25) is 0 Å². The molecule has 0 aromatic carbocycles. The molecule has 0 aliphatic carbocycles. The van der Waals surface area contributed by atoms with Gasteiger partial charge in [-0.05, 0) is 19.0 Å². The van der Waals surface area contributed by atoms with Gasteiger partial charge in [0.05, 0.1) is 17.4 Å². The van der Waals surface area contributed by atoms with Crippen LogP contribution in [0, 0.1) is 0 Å². The second kappa shape index (κ2) is 6.04. The van der Waals surface area contributed by atoms with E-state index < -0.39 is 11.7 Å². The SMILES string of the molecule is CCCNCc1cnccc1-n1cc(C(F)(F)F)cn1. The average molecular weight is 284 g/mol. The highest BCUT2D eigenvalue weighted by Crippen LogP contribution is 2.29. The van der Waals surface area contributed by atoms with Gasteiger partial charge >= 0.3 is 6.18 Å². The normalized spacial score (nSPS) is 11.8. The minimum absolute atomic E-state index is 0.540. The lowest BCUT2D eigenvalue weighted by Gasteiger charge is -2.09. The van der Waals surface area contributed by atoms with Crippen LogP contribution in [0.25, 0.3) is 5.69 Å². The number of rotatable bonds is 5. The first-order chi connectivity index (χ1) is 9.52. The Kier molecular flexibility index (Phi) is 4.39. The number of pyridine rings is 1. The average Bonchev–Trinajstić information content (AvgIpc) is 2.89. The molecule has 20 heavy (non-hydrogen) atoms. The molecule has 2 rings (SSSR count). The van der Waals surface area contributed by atoms with Crippen LogP contribution in [0.5, 0.6) is 0 Å². The Morgan fingerprint density at radius 3 is 2.75 bits per heavy atom. The summed E-state index contributed by atoms with van der Waals surface area (Å²) < 4.78 is 39.0. The van der Waals surface area contributed by atoms with Crippen molar-refractivity contribution in [3.63, 3.8) is 0 Å². The fraction of sp³-hybridized carbons (Fsp3) is 0.385. The lowest BCUT2D eigenvalue weighted by molar-refractivity contribution is -0.137. The van der Waals surface area contributed by atoms with Crippen molar-refractivity contribution in [2.45, 2.75) is 26.1 Å². The molecule has 0 atom stereocenters. The number of nitrogens with zero attached hydrogens (tertiary/aromatic N) is 3. The molecule has 1 N–H and O–H groups in total. The van der Waals surface area contributed by atoms with Crippen LogP contribution >= 0.6 is 0 Å². The zero-order valence-corrected chi connectivity index (χ0v) is 11.0. The van der Waals surface area contributed by atoms with Gasteiger partial charge in [0.15, 0.2) is 0 Å². The van der Waals surface area contributed by atoms with E-state index in [9.17, 15) is 13.2 Å². The Morgan fingerprint density at radius 2 is 2.10 bits per heavy atom. The van der Waals surface area contributed by atoms with Crippen LogP contribution in [-0.2, 0) is 12.7 Å². The zero-order valence-electron chi connectivity index (χ0n) is 11.0. The van der Waals surface area contributed by atoms with E-state index in [-0.39, 0.29) is 0 Å². The quantitative estimate of drug-likeness (QED) is 0.859. The topological polar surface area (TPSA) is 42.7 Å². The molecule has 0 saturated heterocycles. The first-order valence-corrected chi connectivity index (χ1v) is 6.28. The largest absolute Gasteiger partial charge is 0.419 e. The number of aromatic nitrogens is 3. The van der Waals surface area contributed by atoms with Crippen LogP contribution < -0.4 is 5.32 Å². The van der Waals surface area contributed by atoms with Gasteiger partial charge in [-0.1, -0.05) is 6.92 Å². The van der Waals surface area contributed by atoms with Gasteiger partial charge in [0, 0.05) is 30.7 Å². The van der Waals surface area contributed by atoms with E-state index in [2.05, 4.69) is 15.4 Å². The second-order valence-corrected chi connectivity index (χ2v) is 4.35.